The average Bonchev–Trinajstić information content (AvgIpc) is 2.73. The number of halogens is 2. The van der Waals surface area contributed by atoms with E-state index >= 15 is 0 Å². The van der Waals surface area contributed by atoms with Crippen molar-refractivity contribution in [3.8, 4) is 0 Å². The van der Waals surface area contributed by atoms with E-state index in [1.807, 2.05) is 0 Å². The highest BCUT2D eigenvalue weighted by Gasteiger charge is 2.18. The van der Waals surface area contributed by atoms with Crippen LogP contribution in [0.25, 0.3) is 0 Å². The van der Waals surface area contributed by atoms with Gasteiger partial charge in [0.25, 0.3) is 5.91 Å². The Morgan fingerprint density at radius 3 is 2.45 bits per heavy atom. The number of sulfonamides is 1. The van der Waals surface area contributed by atoms with Crippen LogP contribution in [0.3, 0.4) is 0 Å². The summed E-state index contributed by atoms with van der Waals surface area (Å²) < 4.78 is 26.4. The van der Waals surface area contributed by atoms with E-state index < -0.39 is 15.9 Å². The number of nitrogens with zero attached hydrogens (tertiary/aromatic N) is 2. The highest BCUT2D eigenvalue weighted by molar-refractivity contribution is 7.88. The Morgan fingerprint density at radius 1 is 1.06 bits per heavy atom. The first-order valence-corrected chi connectivity index (χ1v) is 11.7. The number of aryl methyl sites for hydroxylation is 1. The molecule has 3 rings (SSSR count). The summed E-state index contributed by atoms with van der Waals surface area (Å²) in [6.07, 6.45) is 3.29. The molecule has 7 nitrogen and oxygen atoms in total. The van der Waals surface area contributed by atoms with E-state index in [4.69, 9.17) is 23.2 Å². The van der Waals surface area contributed by atoms with E-state index in [1.54, 1.807) is 43.3 Å². The Morgan fingerprint density at radius 2 is 1.77 bits per heavy atom. The van der Waals surface area contributed by atoms with Crippen LogP contribution in [-0.2, 0) is 22.2 Å². The molecular formula is C21H20Cl2N4O3S. The molecule has 2 N–H and O–H groups in total. The van der Waals surface area contributed by atoms with Gasteiger partial charge < -0.3 is 5.32 Å². The molecule has 0 fully saturated rings. The SMILES string of the molecule is CNS(=O)(=O)Cc1cc(C)c(NC(=O)c2ncccn2)c(Cc2cc(Cl)ccc2Cl)c1. The number of carbonyl (C=O) groups is 1. The van der Waals surface area contributed by atoms with Gasteiger partial charge in [0.1, 0.15) is 0 Å². The summed E-state index contributed by atoms with van der Waals surface area (Å²) in [7, 11) is -2.11. The third-order valence-electron chi connectivity index (χ3n) is 4.54. The number of hydrogen-bond donors (Lipinski definition) is 2. The molecular weight excluding hydrogens is 459 g/mol. The molecule has 162 valence electrons. The van der Waals surface area contributed by atoms with Crippen LogP contribution in [0.5, 0.6) is 0 Å². The highest BCUT2D eigenvalue weighted by atomic mass is 35.5. The van der Waals surface area contributed by atoms with Crippen LogP contribution < -0.4 is 10.0 Å². The van der Waals surface area contributed by atoms with Gasteiger partial charge in [-0.25, -0.2) is 23.1 Å². The Bertz CT molecular complexity index is 1220. The van der Waals surface area contributed by atoms with Crippen LogP contribution in [0.2, 0.25) is 10.0 Å². The Kier molecular flexibility index (Phi) is 7.27. The van der Waals surface area contributed by atoms with Crippen LogP contribution in [0.4, 0.5) is 5.69 Å². The summed E-state index contributed by atoms with van der Waals surface area (Å²) in [5, 5.41) is 3.88. The van der Waals surface area contributed by atoms with Gasteiger partial charge in [0.15, 0.2) is 0 Å². The highest BCUT2D eigenvalue weighted by Crippen LogP contribution is 2.30. The molecule has 0 spiro atoms. The first kappa shape index (κ1) is 23.1. The zero-order valence-electron chi connectivity index (χ0n) is 16.8. The fourth-order valence-corrected chi connectivity index (χ4v) is 4.23. The minimum atomic E-state index is -3.48. The predicted molar refractivity (Wildman–Crippen MR) is 122 cm³/mol. The van der Waals surface area contributed by atoms with E-state index in [9.17, 15) is 13.2 Å². The molecule has 3 aromatic rings. The number of hydrogen-bond acceptors (Lipinski definition) is 5. The largest absolute Gasteiger partial charge is 0.319 e. The molecule has 1 heterocycles. The maximum absolute atomic E-state index is 12.7. The molecule has 0 saturated carbocycles. The molecule has 0 aliphatic rings. The second-order valence-corrected chi connectivity index (χ2v) is 9.62. The maximum Gasteiger partial charge on any atom is 0.293 e. The Hall–Kier alpha value is -2.52. The van der Waals surface area contributed by atoms with Crippen molar-refractivity contribution in [3.63, 3.8) is 0 Å². The van der Waals surface area contributed by atoms with Gasteiger partial charge >= 0.3 is 0 Å². The number of rotatable bonds is 7. The number of benzene rings is 2. The second-order valence-electron chi connectivity index (χ2n) is 6.85. The van der Waals surface area contributed by atoms with E-state index in [0.717, 1.165) is 5.56 Å². The van der Waals surface area contributed by atoms with E-state index in [2.05, 4.69) is 20.0 Å². The van der Waals surface area contributed by atoms with Crippen LogP contribution in [0, 0.1) is 6.92 Å². The second kappa shape index (κ2) is 9.74. The molecule has 0 atom stereocenters. The molecule has 0 aliphatic carbocycles. The predicted octanol–water partition coefficient (Wildman–Crippen LogP) is 3.98. The fourth-order valence-electron chi connectivity index (χ4n) is 3.10. The molecule has 0 aliphatic heterocycles. The van der Waals surface area contributed by atoms with Gasteiger partial charge in [-0.2, -0.15) is 0 Å². The number of aromatic nitrogens is 2. The molecule has 0 unspecified atom stereocenters. The van der Waals surface area contributed by atoms with Crippen molar-refractivity contribution in [1.82, 2.24) is 14.7 Å². The molecule has 31 heavy (non-hydrogen) atoms. The third-order valence-corrected chi connectivity index (χ3v) is 6.48. The minimum Gasteiger partial charge on any atom is -0.319 e. The summed E-state index contributed by atoms with van der Waals surface area (Å²) in [4.78, 5) is 20.6. The lowest BCUT2D eigenvalue weighted by Gasteiger charge is -2.17. The van der Waals surface area contributed by atoms with E-state index in [1.165, 1.54) is 19.4 Å². The molecule has 2 aromatic carbocycles. The maximum atomic E-state index is 12.7. The summed E-state index contributed by atoms with van der Waals surface area (Å²) in [6.45, 7) is 1.79. The van der Waals surface area contributed by atoms with Crippen molar-refractivity contribution in [2.75, 3.05) is 12.4 Å². The molecule has 0 saturated heterocycles. The first-order chi connectivity index (χ1) is 14.7. The van der Waals surface area contributed by atoms with Crippen molar-refractivity contribution in [1.29, 1.82) is 0 Å². The van der Waals surface area contributed by atoms with Crippen molar-refractivity contribution in [2.45, 2.75) is 19.1 Å². The summed E-state index contributed by atoms with van der Waals surface area (Å²) >= 11 is 12.5. The summed E-state index contributed by atoms with van der Waals surface area (Å²) in [5.74, 6) is -0.649. The lowest BCUT2D eigenvalue weighted by molar-refractivity contribution is 0.101. The van der Waals surface area contributed by atoms with E-state index in [0.29, 0.717) is 38.8 Å². The fraction of sp³-hybridized carbons (Fsp3) is 0.190. The smallest absolute Gasteiger partial charge is 0.293 e. The average molecular weight is 479 g/mol. The molecule has 10 heteroatoms. The number of anilines is 1. The topological polar surface area (TPSA) is 101 Å². The van der Waals surface area contributed by atoms with Crippen LogP contribution in [0.15, 0.2) is 48.8 Å². The standard InChI is InChI=1S/C21H20Cl2N4O3S/c1-13-8-14(12-31(29,30)24-2)9-16(10-15-11-17(22)4-5-18(15)23)19(13)27-21(28)20-25-6-3-7-26-20/h3-9,11,24H,10,12H2,1-2H3,(H,27,28). The number of nitrogens with one attached hydrogen (secondary N) is 2. The van der Waals surface area contributed by atoms with Crippen LogP contribution in [-0.4, -0.2) is 31.3 Å². The van der Waals surface area contributed by atoms with Crippen molar-refractivity contribution >= 4 is 44.8 Å². The first-order valence-electron chi connectivity index (χ1n) is 9.24. The molecule has 0 radical (unpaired) electrons. The quantitative estimate of drug-likeness (QED) is 0.534. The van der Waals surface area contributed by atoms with Crippen LogP contribution in [0.1, 0.15) is 32.9 Å². The van der Waals surface area contributed by atoms with Gasteiger partial charge in [0, 0.05) is 34.5 Å². The lowest BCUT2D eigenvalue weighted by atomic mass is 9.97. The number of carbonyl (C=O) groups excluding carboxylic acids is 1. The van der Waals surface area contributed by atoms with Crippen molar-refractivity contribution in [2.24, 2.45) is 0 Å². The molecule has 1 amide bonds. The number of amides is 1. The zero-order valence-corrected chi connectivity index (χ0v) is 19.1. The third kappa shape index (κ3) is 6.01. The zero-order chi connectivity index (χ0) is 22.6. The lowest BCUT2D eigenvalue weighted by Crippen LogP contribution is -2.21. The summed E-state index contributed by atoms with van der Waals surface area (Å²) in [5.41, 5.74) is 3.25. The van der Waals surface area contributed by atoms with Crippen LogP contribution >= 0.6 is 23.2 Å². The van der Waals surface area contributed by atoms with Gasteiger partial charge in [0.2, 0.25) is 15.8 Å². The molecule has 1 aromatic heterocycles. The van der Waals surface area contributed by atoms with Gasteiger partial charge in [-0.05, 0) is 60.5 Å². The van der Waals surface area contributed by atoms with Gasteiger partial charge in [-0.15, -0.1) is 0 Å². The Balaban J connectivity index is 2.05. The molecule has 0 bridgehead atoms. The van der Waals surface area contributed by atoms with Crippen molar-refractivity contribution < 1.29 is 13.2 Å². The summed E-state index contributed by atoms with van der Waals surface area (Å²) in [6, 6.07) is 10.2. The van der Waals surface area contributed by atoms with Gasteiger partial charge in [0.05, 0.1) is 5.75 Å². The van der Waals surface area contributed by atoms with Gasteiger partial charge in [-0.3, -0.25) is 4.79 Å². The minimum absolute atomic E-state index is 0.0236. The Labute approximate surface area is 190 Å². The normalized spacial score (nSPS) is 11.4. The monoisotopic (exact) mass is 478 g/mol. The van der Waals surface area contributed by atoms with Crippen molar-refractivity contribution in [3.05, 3.63) is 86.9 Å². The van der Waals surface area contributed by atoms with Gasteiger partial charge in [-0.1, -0.05) is 35.3 Å². The van der Waals surface area contributed by atoms with E-state index in [-0.39, 0.29) is 11.6 Å².